The molecule has 2 aliphatic rings. The van der Waals surface area contributed by atoms with E-state index in [1.807, 2.05) is 0 Å². The quantitative estimate of drug-likeness (QED) is 0.319. The van der Waals surface area contributed by atoms with Gasteiger partial charge >= 0.3 is 0 Å². The van der Waals surface area contributed by atoms with Gasteiger partial charge in [0.1, 0.15) is 11.5 Å². The molecule has 0 aromatic heterocycles. The van der Waals surface area contributed by atoms with E-state index in [0.717, 1.165) is 11.5 Å². The van der Waals surface area contributed by atoms with Gasteiger partial charge in [-0.25, -0.2) is 0 Å². The minimum Gasteiger partial charge on any atom is -0.458 e. The lowest BCUT2D eigenvalue weighted by molar-refractivity contribution is 0.486. The molecule has 1 nitrogen and oxygen atoms in total. The summed E-state index contributed by atoms with van der Waals surface area (Å²) >= 11 is 0. The van der Waals surface area contributed by atoms with Crippen LogP contribution in [0.4, 0.5) is 0 Å². The lowest BCUT2D eigenvalue weighted by Crippen LogP contribution is -2.62. The summed E-state index contributed by atoms with van der Waals surface area (Å²) in [5.41, 5.74) is 6.72. The summed E-state index contributed by atoms with van der Waals surface area (Å²) in [6, 6.07) is 33.1. The second-order valence-electron chi connectivity index (χ2n) is 9.37. The Morgan fingerprint density at radius 1 is 0.645 bits per heavy atom. The molecule has 0 saturated carbocycles. The molecule has 5 aromatic rings. The van der Waals surface area contributed by atoms with Crippen LogP contribution < -0.4 is 21.1 Å². The van der Waals surface area contributed by atoms with Gasteiger partial charge in [0.15, 0.2) is 0 Å². The predicted octanol–water partition coefficient (Wildman–Crippen LogP) is 5.25. The maximum absolute atomic E-state index is 6.65. The number of benzene rings is 5. The van der Waals surface area contributed by atoms with Crippen molar-refractivity contribution < 1.29 is 4.74 Å². The van der Waals surface area contributed by atoms with Crippen LogP contribution in [0, 0.1) is 0 Å². The second kappa shape index (κ2) is 5.79. The van der Waals surface area contributed by atoms with Gasteiger partial charge in [-0.05, 0) is 55.7 Å². The minimum absolute atomic E-state index is 0.101. The molecule has 0 aliphatic carbocycles. The van der Waals surface area contributed by atoms with Crippen LogP contribution in [-0.4, -0.2) is 6.71 Å². The summed E-state index contributed by atoms with van der Waals surface area (Å²) in [7, 11) is 0. The second-order valence-corrected chi connectivity index (χ2v) is 9.37. The van der Waals surface area contributed by atoms with E-state index in [9.17, 15) is 0 Å². The Hall–Kier alpha value is -3.52. The zero-order valence-electron chi connectivity index (χ0n) is 17.6. The number of hydrogen-bond acceptors (Lipinski definition) is 1. The van der Waals surface area contributed by atoms with E-state index >= 15 is 0 Å². The molecular weight excluding hydrogens is 375 g/mol. The van der Waals surface area contributed by atoms with Gasteiger partial charge in [0.05, 0.1) is 0 Å². The molecule has 146 valence electrons. The molecule has 7 rings (SSSR count). The Morgan fingerprint density at radius 3 is 2.13 bits per heavy atom. The molecule has 0 spiro atoms. The smallest absolute Gasteiger partial charge is 0.251 e. The van der Waals surface area contributed by atoms with Crippen molar-refractivity contribution in [3.05, 3.63) is 102 Å². The zero-order valence-corrected chi connectivity index (χ0v) is 17.6. The van der Waals surface area contributed by atoms with Crippen LogP contribution in [0.2, 0.25) is 0 Å². The predicted molar refractivity (Wildman–Crippen MR) is 131 cm³/mol. The van der Waals surface area contributed by atoms with Gasteiger partial charge in [0.2, 0.25) is 0 Å². The lowest BCUT2D eigenvalue weighted by Gasteiger charge is -2.42. The average molecular weight is 396 g/mol. The van der Waals surface area contributed by atoms with Crippen molar-refractivity contribution in [1.29, 1.82) is 0 Å². The molecule has 0 atom stereocenters. The van der Waals surface area contributed by atoms with Gasteiger partial charge in [-0.2, -0.15) is 0 Å². The third-order valence-electron chi connectivity index (χ3n) is 7.32. The fourth-order valence-electron chi connectivity index (χ4n) is 5.98. The van der Waals surface area contributed by atoms with Crippen LogP contribution in [0.25, 0.3) is 21.5 Å². The highest BCUT2D eigenvalue weighted by Crippen LogP contribution is 2.42. The number of ether oxygens (including phenoxy) is 1. The maximum Gasteiger partial charge on any atom is 0.251 e. The van der Waals surface area contributed by atoms with Crippen LogP contribution in [0.1, 0.15) is 25.0 Å². The summed E-state index contributed by atoms with van der Waals surface area (Å²) < 4.78 is 6.65. The Kier molecular flexibility index (Phi) is 3.21. The highest BCUT2D eigenvalue weighted by Gasteiger charge is 2.45. The number of hydrogen-bond donors (Lipinski definition) is 0. The molecule has 31 heavy (non-hydrogen) atoms. The van der Waals surface area contributed by atoms with Gasteiger partial charge in [-0.3, -0.25) is 0 Å². The SMILES string of the molecule is CC1(C)c2ccccc2B2c3cc4ccccc4cc3Oc3cc4ccccc4c1c32. The van der Waals surface area contributed by atoms with E-state index in [1.54, 1.807) is 0 Å². The summed E-state index contributed by atoms with van der Waals surface area (Å²) in [5, 5.41) is 5.05. The van der Waals surface area contributed by atoms with Crippen LogP contribution in [0.15, 0.2) is 91.0 Å². The lowest BCUT2D eigenvalue weighted by atomic mass is 9.30. The Labute approximate surface area is 182 Å². The highest BCUT2D eigenvalue weighted by molar-refractivity contribution is 6.98. The molecule has 2 heteroatoms. The first-order valence-electron chi connectivity index (χ1n) is 11.0. The van der Waals surface area contributed by atoms with E-state index in [4.69, 9.17) is 4.74 Å². The van der Waals surface area contributed by atoms with Gasteiger partial charge in [-0.1, -0.05) is 98.2 Å². The standard InChI is InChI=1S/C29H21BO/c1-29(2)22-13-7-8-14-23(22)30-24-15-18-9-3-4-10-19(18)16-25(24)31-26-17-20-11-5-6-12-21(20)27(29)28(26)30/h3-17H,1-2H3. The third kappa shape index (κ3) is 2.17. The maximum atomic E-state index is 6.65. The monoisotopic (exact) mass is 396 g/mol. The highest BCUT2D eigenvalue weighted by atomic mass is 16.5. The van der Waals surface area contributed by atoms with Crippen molar-refractivity contribution >= 4 is 44.6 Å². The Balaban J connectivity index is 1.66. The minimum atomic E-state index is -0.101. The van der Waals surface area contributed by atoms with Gasteiger partial charge in [-0.15, -0.1) is 0 Å². The molecule has 0 fully saturated rings. The third-order valence-corrected chi connectivity index (χ3v) is 7.32. The van der Waals surface area contributed by atoms with Gasteiger partial charge in [0, 0.05) is 5.41 Å². The van der Waals surface area contributed by atoms with Crippen LogP contribution in [0.3, 0.4) is 0 Å². The van der Waals surface area contributed by atoms with Crippen molar-refractivity contribution in [2.45, 2.75) is 19.3 Å². The average Bonchev–Trinajstić information content (AvgIpc) is 2.79. The van der Waals surface area contributed by atoms with E-state index in [0.29, 0.717) is 0 Å². The topological polar surface area (TPSA) is 9.23 Å². The number of fused-ring (bicyclic) bond motifs is 7. The largest absolute Gasteiger partial charge is 0.458 e. The Morgan fingerprint density at radius 2 is 1.29 bits per heavy atom. The summed E-state index contributed by atoms with van der Waals surface area (Å²) in [5.74, 6) is 1.98. The molecule has 0 bridgehead atoms. The van der Waals surface area contributed by atoms with Crippen molar-refractivity contribution in [2.24, 2.45) is 0 Å². The molecule has 0 N–H and O–H groups in total. The molecule has 0 amide bonds. The van der Waals surface area contributed by atoms with Crippen LogP contribution in [-0.2, 0) is 5.41 Å². The van der Waals surface area contributed by atoms with Crippen molar-refractivity contribution in [3.63, 3.8) is 0 Å². The van der Waals surface area contributed by atoms with Crippen molar-refractivity contribution in [3.8, 4) is 11.5 Å². The van der Waals surface area contributed by atoms with E-state index in [-0.39, 0.29) is 12.1 Å². The summed E-state index contributed by atoms with van der Waals surface area (Å²) in [6.45, 7) is 4.91. The molecule has 2 aliphatic heterocycles. The first kappa shape index (κ1) is 17.2. The van der Waals surface area contributed by atoms with E-state index in [1.165, 1.54) is 49.1 Å². The van der Waals surface area contributed by atoms with Gasteiger partial charge in [0.25, 0.3) is 6.71 Å². The first-order valence-corrected chi connectivity index (χ1v) is 11.0. The van der Waals surface area contributed by atoms with Gasteiger partial charge < -0.3 is 4.74 Å². The fourth-order valence-corrected chi connectivity index (χ4v) is 5.98. The zero-order chi connectivity index (χ0) is 20.7. The van der Waals surface area contributed by atoms with Crippen molar-refractivity contribution in [1.82, 2.24) is 0 Å². The molecule has 5 aromatic carbocycles. The number of rotatable bonds is 0. The molecule has 2 heterocycles. The molecule has 0 radical (unpaired) electrons. The van der Waals surface area contributed by atoms with Crippen LogP contribution >= 0.6 is 0 Å². The molecule has 0 saturated heterocycles. The first-order chi connectivity index (χ1) is 15.1. The van der Waals surface area contributed by atoms with E-state index < -0.39 is 0 Å². The normalized spacial score (nSPS) is 15.2. The molecular formula is C29H21BO. The van der Waals surface area contributed by atoms with Crippen LogP contribution in [0.5, 0.6) is 11.5 Å². The fraction of sp³-hybridized carbons (Fsp3) is 0.103. The Bertz CT molecular complexity index is 1550. The van der Waals surface area contributed by atoms with Crippen molar-refractivity contribution in [2.75, 3.05) is 0 Å². The molecule has 0 unspecified atom stereocenters. The summed E-state index contributed by atoms with van der Waals surface area (Å²) in [4.78, 5) is 0. The van der Waals surface area contributed by atoms with E-state index in [2.05, 4.69) is 105 Å². The summed E-state index contributed by atoms with van der Waals surface area (Å²) in [6.07, 6.45) is 0.